The molecule has 0 bridgehead atoms. The summed E-state index contributed by atoms with van der Waals surface area (Å²) in [5.74, 6) is -0.0133. The molecule has 1 saturated heterocycles. The van der Waals surface area contributed by atoms with Gasteiger partial charge in [-0.25, -0.2) is 0 Å². The van der Waals surface area contributed by atoms with E-state index in [4.69, 9.17) is 0 Å². The van der Waals surface area contributed by atoms with Crippen molar-refractivity contribution in [2.24, 2.45) is 5.92 Å². The molecule has 2 rings (SSSR count). The maximum Gasteiger partial charge on any atom is 0.401 e. The smallest absolute Gasteiger partial charge is 0.340 e. The molecule has 0 aromatic heterocycles. The van der Waals surface area contributed by atoms with Crippen LogP contribution in [0.1, 0.15) is 31.7 Å². The van der Waals surface area contributed by atoms with Crippen LogP contribution in [-0.4, -0.2) is 54.6 Å². The number of hydrogen-bond acceptors (Lipinski definition) is 2. The van der Waals surface area contributed by atoms with E-state index in [-0.39, 0.29) is 30.8 Å². The summed E-state index contributed by atoms with van der Waals surface area (Å²) < 4.78 is 37.4. The number of alkyl halides is 3. The average Bonchev–Trinajstić information content (AvgIpc) is 2.55. The first-order chi connectivity index (χ1) is 11.3. The van der Waals surface area contributed by atoms with Crippen molar-refractivity contribution < 1.29 is 18.0 Å². The van der Waals surface area contributed by atoms with E-state index >= 15 is 0 Å². The van der Waals surface area contributed by atoms with Gasteiger partial charge in [0.25, 0.3) is 0 Å². The van der Waals surface area contributed by atoms with Crippen LogP contribution in [0.5, 0.6) is 0 Å². The molecule has 1 heterocycles. The minimum absolute atomic E-state index is 0.0298. The van der Waals surface area contributed by atoms with Gasteiger partial charge in [-0.15, -0.1) is 0 Å². The highest BCUT2D eigenvalue weighted by molar-refractivity contribution is 5.84. The third kappa shape index (κ3) is 4.97. The van der Waals surface area contributed by atoms with E-state index in [2.05, 4.69) is 13.8 Å². The number of hydrogen-bond donors (Lipinski definition) is 0. The molecular formula is C18H25F3N2O. The lowest BCUT2D eigenvalue weighted by Crippen LogP contribution is -2.52. The molecule has 1 fully saturated rings. The summed E-state index contributed by atoms with van der Waals surface area (Å²) in [5.41, 5.74) is 0.981. The molecule has 0 radical (unpaired) electrons. The minimum atomic E-state index is -4.19. The van der Waals surface area contributed by atoms with Crippen LogP contribution in [-0.2, 0) is 4.79 Å². The first kappa shape index (κ1) is 18.8. The van der Waals surface area contributed by atoms with Crippen LogP contribution < -0.4 is 0 Å². The van der Waals surface area contributed by atoms with E-state index in [1.165, 1.54) is 4.90 Å². The highest BCUT2D eigenvalue weighted by Gasteiger charge is 2.35. The maximum absolute atomic E-state index is 13.0. The first-order valence-electron chi connectivity index (χ1n) is 8.44. The third-order valence-corrected chi connectivity index (χ3v) is 4.72. The Morgan fingerprint density at radius 3 is 2.21 bits per heavy atom. The zero-order valence-electron chi connectivity index (χ0n) is 14.2. The van der Waals surface area contributed by atoms with Crippen molar-refractivity contribution in [3.05, 3.63) is 35.9 Å². The Balaban J connectivity index is 2.04. The van der Waals surface area contributed by atoms with E-state index < -0.39 is 12.7 Å². The van der Waals surface area contributed by atoms with Gasteiger partial charge in [-0.1, -0.05) is 50.6 Å². The normalized spacial score (nSPS) is 19.1. The summed E-state index contributed by atoms with van der Waals surface area (Å²) in [6.07, 6.45) is -3.31. The van der Waals surface area contributed by atoms with Crippen molar-refractivity contribution in [1.82, 2.24) is 9.80 Å². The van der Waals surface area contributed by atoms with Gasteiger partial charge in [0.15, 0.2) is 0 Å². The standard InChI is InChI=1S/C18H25F3N2O/c1-3-14(2)16(15-7-5-4-6-8-15)17(24)23-11-9-22(10-12-23)13-18(19,20)21/h4-8,14,16H,3,9-13H2,1-2H3. The summed E-state index contributed by atoms with van der Waals surface area (Å²) in [5, 5.41) is 0. The quantitative estimate of drug-likeness (QED) is 0.817. The largest absolute Gasteiger partial charge is 0.401 e. The summed E-state index contributed by atoms with van der Waals surface area (Å²) in [4.78, 5) is 16.1. The molecular weight excluding hydrogens is 317 g/mol. The van der Waals surface area contributed by atoms with Crippen molar-refractivity contribution in [2.45, 2.75) is 32.4 Å². The van der Waals surface area contributed by atoms with E-state index in [1.807, 2.05) is 30.3 Å². The summed E-state index contributed by atoms with van der Waals surface area (Å²) in [6, 6.07) is 9.65. The Bertz CT molecular complexity index is 525. The second kappa shape index (κ2) is 8.01. The maximum atomic E-state index is 13.0. The fourth-order valence-corrected chi connectivity index (χ4v) is 3.19. The van der Waals surface area contributed by atoms with Gasteiger partial charge in [-0.3, -0.25) is 9.69 Å². The van der Waals surface area contributed by atoms with Crippen molar-refractivity contribution >= 4 is 5.91 Å². The molecule has 3 nitrogen and oxygen atoms in total. The van der Waals surface area contributed by atoms with E-state index in [0.29, 0.717) is 13.1 Å². The predicted octanol–water partition coefficient (Wildman–Crippen LogP) is 3.52. The second-order valence-electron chi connectivity index (χ2n) is 6.49. The van der Waals surface area contributed by atoms with Crippen molar-refractivity contribution in [2.75, 3.05) is 32.7 Å². The molecule has 1 aliphatic rings. The Morgan fingerprint density at radius 1 is 1.12 bits per heavy atom. The highest BCUT2D eigenvalue weighted by atomic mass is 19.4. The zero-order chi connectivity index (χ0) is 17.7. The van der Waals surface area contributed by atoms with Crippen LogP contribution in [0.25, 0.3) is 0 Å². The lowest BCUT2D eigenvalue weighted by molar-refractivity contribution is -0.152. The van der Waals surface area contributed by atoms with Gasteiger partial charge in [0, 0.05) is 26.2 Å². The van der Waals surface area contributed by atoms with E-state index in [1.54, 1.807) is 4.90 Å². The highest BCUT2D eigenvalue weighted by Crippen LogP contribution is 2.29. The molecule has 0 spiro atoms. The Morgan fingerprint density at radius 2 is 1.71 bits per heavy atom. The molecule has 6 heteroatoms. The minimum Gasteiger partial charge on any atom is -0.340 e. The van der Waals surface area contributed by atoms with Gasteiger partial charge in [-0.05, 0) is 11.5 Å². The third-order valence-electron chi connectivity index (χ3n) is 4.72. The number of piperazine rings is 1. The van der Waals surface area contributed by atoms with E-state index in [9.17, 15) is 18.0 Å². The molecule has 2 unspecified atom stereocenters. The summed E-state index contributed by atoms with van der Waals surface area (Å²) in [6.45, 7) is 4.46. The molecule has 1 aromatic rings. The molecule has 0 saturated carbocycles. The molecule has 1 amide bonds. The van der Waals surface area contributed by atoms with Crippen LogP contribution >= 0.6 is 0 Å². The number of benzene rings is 1. The molecule has 134 valence electrons. The monoisotopic (exact) mass is 342 g/mol. The number of amides is 1. The van der Waals surface area contributed by atoms with Crippen molar-refractivity contribution in [1.29, 1.82) is 0 Å². The van der Waals surface area contributed by atoms with Gasteiger partial charge >= 0.3 is 6.18 Å². The second-order valence-corrected chi connectivity index (χ2v) is 6.49. The Kier molecular flexibility index (Phi) is 6.27. The Hall–Kier alpha value is -1.56. The molecule has 24 heavy (non-hydrogen) atoms. The first-order valence-corrected chi connectivity index (χ1v) is 8.44. The van der Waals surface area contributed by atoms with Crippen LogP contribution in [0, 0.1) is 5.92 Å². The van der Waals surface area contributed by atoms with Gasteiger partial charge in [0.05, 0.1) is 12.5 Å². The van der Waals surface area contributed by atoms with Gasteiger partial charge < -0.3 is 4.90 Å². The zero-order valence-corrected chi connectivity index (χ0v) is 14.2. The van der Waals surface area contributed by atoms with Crippen LogP contribution in [0.2, 0.25) is 0 Å². The van der Waals surface area contributed by atoms with Gasteiger partial charge in [0.2, 0.25) is 5.91 Å². The number of halogens is 3. The average molecular weight is 342 g/mol. The molecule has 2 atom stereocenters. The lowest BCUT2D eigenvalue weighted by atomic mass is 9.84. The molecule has 1 aliphatic heterocycles. The molecule has 0 aliphatic carbocycles. The van der Waals surface area contributed by atoms with Gasteiger partial charge in [0.1, 0.15) is 0 Å². The number of rotatable bonds is 5. The summed E-state index contributed by atoms with van der Waals surface area (Å²) >= 11 is 0. The topological polar surface area (TPSA) is 23.6 Å². The molecule has 1 aromatic carbocycles. The van der Waals surface area contributed by atoms with E-state index in [0.717, 1.165) is 12.0 Å². The fraction of sp³-hybridized carbons (Fsp3) is 0.611. The fourth-order valence-electron chi connectivity index (χ4n) is 3.19. The summed E-state index contributed by atoms with van der Waals surface area (Å²) in [7, 11) is 0. The molecule has 0 N–H and O–H groups in total. The van der Waals surface area contributed by atoms with Crippen molar-refractivity contribution in [3.63, 3.8) is 0 Å². The van der Waals surface area contributed by atoms with Gasteiger partial charge in [-0.2, -0.15) is 13.2 Å². The van der Waals surface area contributed by atoms with Crippen LogP contribution in [0.4, 0.5) is 13.2 Å². The number of nitrogens with zero attached hydrogens (tertiary/aromatic N) is 2. The van der Waals surface area contributed by atoms with Crippen molar-refractivity contribution in [3.8, 4) is 0 Å². The van der Waals surface area contributed by atoms with Crippen LogP contribution in [0.15, 0.2) is 30.3 Å². The van der Waals surface area contributed by atoms with Crippen LogP contribution in [0.3, 0.4) is 0 Å². The number of carbonyl (C=O) groups excluding carboxylic acids is 1. The lowest BCUT2D eigenvalue weighted by Gasteiger charge is -2.37. The Labute approximate surface area is 141 Å². The number of carbonyl (C=O) groups is 1. The SMILES string of the molecule is CCC(C)C(C(=O)N1CCN(CC(F)(F)F)CC1)c1ccccc1. The predicted molar refractivity (Wildman–Crippen MR) is 87.7 cm³/mol.